The molecule has 0 aromatic carbocycles. The van der Waals surface area contributed by atoms with E-state index in [1.54, 1.807) is 11.1 Å². The van der Waals surface area contributed by atoms with Gasteiger partial charge in [0.2, 0.25) is 0 Å². The monoisotopic (exact) mass is 402 g/mol. The Hall–Kier alpha value is -0.830. The van der Waals surface area contributed by atoms with Gasteiger partial charge >= 0.3 is 5.97 Å². The molecule has 4 aliphatic carbocycles. The maximum Gasteiger partial charge on any atom is 0.311 e. The number of carbonyl (C=O) groups excluding carboxylic acids is 1. The first-order valence-corrected chi connectivity index (χ1v) is 12.2. The van der Waals surface area contributed by atoms with Gasteiger partial charge in [0.15, 0.2) is 0 Å². The minimum absolute atomic E-state index is 0.0285. The quantitative estimate of drug-likeness (QED) is 0.462. The highest BCUT2D eigenvalue weighted by Crippen LogP contribution is 2.65. The lowest BCUT2D eigenvalue weighted by Crippen LogP contribution is -2.50. The van der Waals surface area contributed by atoms with Gasteiger partial charge in [-0.2, -0.15) is 0 Å². The van der Waals surface area contributed by atoms with Crippen molar-refractivity contribution in [2.45, 2.75) is 105 Å². The van der Waals surface area contributed by atoms with Crippen LogP contribution in [-0.4, -0.2) is 23.8 Å². The summed E-state index contributed by atoms with van der Waals surface area (Å²) in [6.07, 6.45) is 12.4. The molecule has 0 radical (unpaired) electrons. The fourth-order valence-corrected chi connectivity index (χ4v) is 7.84. The first-order valence-electron chi connectivity index (χ1n) is 12.2. The average molecular weight is 403 g/mol. The number of allylic oxidation sites excluding steroid dienone is 2. The van der Waals surface area contributed by atoms with Crippen LogP contribution in [0.1, 0.15) is 98.8 Å². The lowest BCUT2D eigenvalue weighted by molar-refractivity contribution is -0.162. The standard InChI is InChI=1S/C26H42O3/c1-17(29-23(28)24(2,3)4)20-11-12-21-19-10-9-18-8-6-7-14-26(18,16-27)22(19)13-15-25(20,21)5/h17-18,20,22,27H,6-16H2,1-5H3/t17-,18+,20+,22-,25+,26+/m0/s1. The second-order valence-electron chi connectivity index (χ2n) is 11.9. The Morgan fingerprint density at radius 1 is 1.14 bits per heavy atom. The van der Waals surface area contributed by atoms with Crippen LogP contribution in [0.25, 0.3) is 0 Å². The normalized spacial score (nSPS) is 40.7. The molecule has 0 spiro atoms. The van der Waals surface area contributed by atoms with E-state index in [4.69, 9.17) is 4.74 Å². The van der Waals surface area contributed by atoms with Crippen molar-refractivity contribution in [3.63, 3.8) is 0 Å². The lowest BCUT2D eigenvalue weighted by atomic mass is 9.49. The molecule has 29 heavy (non-hydrogen) atoms. The number of carbonyl (C=O) groups is 1. The van der Waals surface area contributed by atoms with Crippen molar-refractivity contribution in [1.82, 2.24) is 0 Å². The topological polar surface area (TPSA) is 46.5 Å². The molecule has 3 heteroatoms. The van der Waals surface area contributed by atoms with Gasteiger partial charge in [0.1, 0.15) is 6.10 Å². The summed E-state index contributed by atoms with van der Waals surface area (Å²) in [4.78, 5) is 12.5. The van der Waals surface area contributed by atoms with Crippen molar-refractivity contribution in [1.29, 1.82) is 0 Å². The van der Waals surface area contributed by atoms with Gasteiger partial charge in [-0.15, -0.1) is 0 Å². The van der Waals surface area contributed by atoms with E-state index in [1.807, 2.05) is 20.8 Å². The van der Waals surface area contributed by atoms with Crippen molar-refractivity contribution in [3.8, 4) is 0 Å². The van der Waals surface area contributed by atoms with Gasteiger partial charge in [0.25, 0.3) is 0 Å². The van der Waals surface area contributed by atoms with Crippen molar-refractivity contribution >= 4 is 5.97 Å². The van der Waals surface area contributed by atoms with Crippen LogP contribution in [0, 0.1) is 34.0 Å². The number of aliphatic hydroxyl groups is 1. The molecule has 0 aliphatic heterocycles. The zero-order valence-electron chi connectivity index (χ0n) is 19.4. The number of rotatable bonds is 3. The van der Waals surface area contributed by atoms with Gasteiger partial charge in [-0.25, -0.2) is 0 Å². The Bertz CT molecular complexity index is 687. The van der Waals surface area contributed by atoms with Crippen LogP contribution in [0.3, 0.4) is 0 Å². The molecule has 4 aliphatic rings. The summed E-state index contributed by atoms with van der Waals surface area (Å²) in [6.45, 7) is 10.8. The Morgan fingerprint density at radius 3 is 2.59 bits per heavy atom. The highest BCUT2D eigenvalue weighted by atomic mass is 16.5. The van der Waals surface area contributed by atoms with E-state index in [0.29, 0.717) is 18.4 Å². The minimum atomic E-state index is -0.445. The van der Waals surface area contributed by atoms with Gasteiger partial charge in [-0.3, -0.25) is 4.79 Å². The predicted octanol–water partition coefficient (Wildman–Crippen LogP) is 6.05. The number of ether oxygens (including phenoxy) is 1. The zero-order chi connectivity index (χ0) is 21.0. The van der Waals surface area contributed by atoms with Gasteiger partial charge in [-0.1, -0.05) is 30.9 Å². The van der Waals surface area contributed by atoms with E-state index >= 15 is 0 Å². The number of hydrogen-bond acceptors (Lipinski definition) is 3. The van der Waals surface area contributed by atoms with E-state index in [1.165, 1.54) is 51.4 Å². The van der Waals surface area contributed by atoms with Crippen molar-refractivity contribution in [2.75, 3.05) is 6.61 Å². The lowest BCUT2D eigenvalue weighted by Gasteiger charge is -2.56. The number of hydrogen-bond donors (Lipinski definition) is 1. The molecule has 0 amide bonds. The molecule has 3 saturated carbocycles. The molecule has 0 unspecified atom stereocenters. The van der Waals surface area contributed by atoms with Crippen molar-refractivity contribution in [2.24, 2.45) is 34.0 Å². The van der Waals surface area contributed by atoms with E-state index in [2.05, 4.69) is 13.8 Å². The maximum atomic E-state index is 12.5. The fourth-order valence-electron chi connectivity index (χ4n) is 7.84. The van der Waals surface area contributed by atoms with E-state index in [9.17, 15) is 9.90 Å². The third kappa shape index (κ3) is 3.30. The van der Waals surface area contributed by atoms with Crippen LogP contribution in [-0.2, 0) is 9.53 Å². The Balaban J connectivity index is 1.61. The molecule has 0 saturated heterocycles. The summed E-state index contributed by atoms with van der Waals surface area (Å²) >= 11 is 0. The van der Waals surface area contributed by atoms with Crippen molar-refractivity contribution < 1.29 is 14.6 Å². The molecular weight excluding hydrogens is 360 g/mol. The highest BCUT2D eigenvalue weighted by Gasteiger charge is 2.57. The summed E-state index contributed by atoms with van der Waals surface area (Å²) < 4.78 is 5.97. The Labute approximate surface area is 177 Å². The molecule has 0 aromatic heterocycles. The van der Waals surface area contributed by atoms with E-state index in [0.717, 1.165) is 18.8 Å². The highest BCUT2D eigenvalue weighted by molar-refractivity contribution is 5.75. The van der Waals surface area contributed by atoms with Crippen LogP contribution in [0.5, 0.6) is 0 Å². The second kappa shape index (κ2) is 7.39. The van der Waals surface area contributed by atoms with Gasteiger partial charge in [0, 0.05) is 17.9 Å². The van der Waals surface area contributed by atoms with E-state index in [-0.39, 0.29) is 22.9 Å². The van der Waals surface area contributed by atoms with E-state index < -0.39 is 5.41 Å². The molecule has 6 atom stereocenters. The number of esters is 1. The minimum Gasteiger partial charge on any atom is -0.462 e. The first kappa shape index (κ1) is 21.4. The molecule has 3 fully saturated rings. The van der Waals surface area contributed by atoms with Gasteiger partial charge in [0.05, 0.1) is 5.41 Å². The average Bonchev–Trinajstić information content (AvgIpc) is 3.04. The molecule has 0 heterocycles. The molecule has 164 valence electrons. The molecule has 4 rings (SSSR count). The fraction of sp³-hybridized carbons (Fsp3) is 0.885. The van der Waals surface area contributed by atoms with Crippen LogP contribution >= 0.6 is 0 Å². The van der Waals surface area contributed by atoms with Crippen LogP contribution in [0.15, 0.2) is 11.1 Å². The third-order valence-electron chi connectivity index (χ3n) is 9.45. The largest absolute Gasteiger partial charge is 0.462 e. The van der Waals surface area contributed by atoms with Gasteiger partial charge < -0.3 is 9.84 Å². The summed E-state index contributed by atoms with van der Waals surface area (Å²) in [7, 11) is 0. The summed E-state index contributed by atoms with van der Waals surface area (Å²) in [5.41, 5.74) is 3.28. The molecule has 0 bridgehead atoms. The molecule has 3 nitrogen and oxygen atoms in total. The van der Waals surface area contributed by atoms with Crippen LogP contribution in [0.2, 0.25) is 0 Å². The summed E-state index contributed by atoms with van der Waals surface area (Å²) in [5, 5.41) is 10.6. The molecular formula is C26H42O3. The smallest absolute Gasteiger partial charge is 0.311 e. The maximum absolute atomic E-state index is 12.5. The summed E-state index contributed by atoms with van der Waals surface area (Å²) in [6, 6.07) is 0. The van der Waals surface area contributed by atoms with Crippen LogP contribution < -0.4 is 0 Å². The second-order valence-corrected chi connectivity index (χ2v) is 11.9. The van der Waals surface area contributed by atoms with Crippen molar-refractivity contribution in [3.05, 3.63) is 11.1 Å². The Kier molecular flexibility index (Phi) is 5.46. The first-order chi connectivity index (χ1) is 13.6. The molecule has 1 N–H and O–H groups in total. The number of aliphatic hydroxyl groups excluding tert-OH is 1. The molecule has 0 aromatic rings. The van der Waals surface area contributed by atoms with Crippen LogP contribution in [0.4, 0.5) is 0 Å². The number of fused-ring (bicyclic) bond motifs is 4. The third-order valence-corrected chi connectivity index (χ3v) is 9.45. The Morgan fingerprint density at radius 2 is 1.90 bits per heavy atom. The predicted molar refractivity (Wildman–Crippen MR) is 116 cm³/mol. The zero-order valence-corrected chi connectivity index (χ0v) is 19.4. The SMILES string of the molecule is C[C@H](OC(=O)C(C)(C)C)[C@H]1CCC2=C3CC[C@H]4CCCC[C@]4(CO)[C@H]3CC[C@@]21C. The summed E-state index contributed by atoms with van der Waals surface area (Å²) in [5.74, 6) is 1.67. The van der Waals surface area contributed by atoms with Gasteiger partial charge in [-0.05, 0) is 96.3 Å².